The number of hydrogen-bond acceptors (Lipinski definition) is 2. The Balaban J connectivity index is 1.81. The molecule has 2 N–H and O–H groups in total. The fraction of sp³-hybridized carbons (Fsp3) is 0.263. The fourth-order valence-electron chi connectivity index (χ4n) is 2.42. The molecular weight excluding hydrogens is 324 g/mol. The van der Waals surface area contributed by atoms with Gasteiger partial charge >= 0.3 is 0 Å². The molecule has 2 rings (SSSR count). The van der Waals surface area contributed by atoms with E-state index in [1.807, 2.05) is 18.2 Å². The molecule has 4 nitrogen and oxygen atoms in total. The van der Waals surface area contributed by atoms with Gasteiger partial charge in [0.1, 0.15) is 0 Å². The van der Waals surface area contributed by atoms with Crippen LogP contribution in [0.2, 0.25) is 5.02 Å². The van der Waals surface area contributed by atoms with Crippen molar-refractivity contribution in [3.8, 4) is 0 Å². The molecule has 0 aliphatic rings. The summed E-state index contributed by atoms with van der Waals surface area (Å²) in [6.45, 7) is 2.56. The number of carbonyl (C=O) groups excluding carboxylic acids is 2. The Hall–Kier alpha value is -2.33. The SMILES string of the molecule is CCC(CNC(=O)CNC(=O)c1ccccc1Cl)c1ccccc1. The van der Waals surface area contributed by atoms with Crippen LogP contribution in [-0.4, -0.2) is 24.9 Å². The van der Waals surface area contributed by atoms with Crippen LogP contribution < -0.4 is 10.6 Å². The molecule has 2 aromatic carbocycles. The lowest BCUT2D eigenvalue weighted by Gasteiger charge is -2.16. The Morgan fingerprint density at radius 2 is 1.67 bits per heavy atom. The minimum atomic E-state index is -0.356. The summed E-state index contributed by atoms with van der Waals surface area (Å²) in [6, 6.07) is 16.8. The lowest BCUT2D eigenvalue weighted by Crippen LogP contribution is -2.38. The predicted molar refractivity (Wildman–Crippen MR) is 96.3 cm³/mol. The lowest BCUT2D eigenvalue weighted by molar-refractivity contribution is -0.120. The van der Waals surface area contributed by atoms with E-state index in [2.05, 4.69) is 29.7 Å². The third-order valence-corrected chi connectivity index (χ3v) is 4.17. The Kier molecular flexibility index (Phi) is 6.82. The molecule has 24 heavy (non-hydrogen) atoms. The summed E-state index contributed by atoms with van der Waals surface area (Å²) in [4.78, 5) is 24.0. The molecule has 0 fully saturated rings. The Morgan fingerprint density at radius 1 is 1.00 bits per heavy atom. The van der Waals surface area contributed by atoms with Gasteiger partial charge in [0.2, 0.25) is 5.91 Å². The third kappa shape index (κ3) is 5.10. The van der Waals surface area contributed by atoms with Gasteiger partial charge in [0.15, 0.2) is 0 Å². The van der Waals surface area contributed by atoms with Crippen molar-refractivity contribution in [3.63, 3.8) is 0 Å². The van der Waals surface area contributed by atoms with E-state index < -0.39 is 0 Å². The number of benzene rings is 2. The van der Waals surface area contributed by atoms with Gasteiger partial charge in [0.25, 0.3) is 5.91 Å². The first-order valence-electron chi connectivity index (χ1n) is 7.96. The van der Waals surface area contributed by atoms with Crippen molar-refractivity contribution in [2.45, 2.75) is 19.3 Å². The maximum atomic E-state index is 12.0. The predicted octanol–water partition coefficient (Wildman–Crippen LogP) is 3.38. The average Bonchev–Trinajstić information content (AvgIpc) is 2.61. The van der Waals surface area contributed by atoms with E-state index in [9.17, 15) is 9.59 Å². The van der Waals surface area contributed by atoms with Gasteiger partial charge in [-0.05, 0) is 24.1 Å². The zero-order chi connectivity index (χ0) is 17.4. The Labute approximate surface area is 147 Å². The second-order valence-corrected chi connectivity index (χ2v) is 5.89. The van der Waals surface area contributed by atoms with Gasteiger partial charge in [-0.3, -0.25) is 9.59 Å². The molecule has 126 valence electrons. The molecule has 0 saturated carbocycles. The molecule has 0 spiro atoms. The molecule has 0 saturated heterocycles. The highest BCUT2D eigenvalue weighted by atomic mass is 35.5. The molecular formula is C19H21ClN2O2. The standard InChI is InChI=1S/C19H21ClN2O2/c1-2-14(15-8-4-3-5-9-15)12-21-18(23)13-22-19(24)16-10-6-7-11-17(16)20/h3-11,14H,2,12-13H2,1H3,(H,21,23)(H,22,24). The highest BCUT2D eigenvalue weighted by Gasteiger charge is 2.13. The van der Waals surface area contributed by atoms with Gasteiger partial charge < -0.3 is 10.6 Å². The van der Waals surface area contributed by atoms with Gasteiger partial charge in [-0.2, -0.15) is 0 Å². The smallest absolute Gasteiger partial charge is 0.253 e. The van der Waals surface area contributed by atoms with Crippen LogP contribution in [0.3, 0.4) is 0 Å². The second-order valence-electron chi connectivity index (χ2n) is 5.48. The molecule has 2 aromatic rings. The number of halogens is 1. The van der Waals surface area contributed by atoms with Crippen LogP contribution in [0, 0.1) is 0 Å². The van der Waals surface area contributed by atoms with Crippen LogP contribution in [0.5, 0.6) is 0 Å². The van der Waals surface area contributed by atoms with E-state index in [0.717, 1.165) is 6.42 Å². The summed E-state index contributed by atoms with van der Waals surface area (Å²) in [7, 11) is 0. The largest absolute Gasteiger partial charge is 0.354 e. The van der Waals surface area contributed by atoms with Gasteiger partial charge in [0.05, 0.1) is 17.1 Å². The first-order chi connectivity index (χ1) is 11.6. The molecule has 0 heterocycles. The van der Waals surface area contributed by atoms with Crippen LogP contribution in [0.4, 0.5) is 0 Å². The molecule has 0 aliphatic heterocycles. The highest BCUT2D eigenvalue weighted by Crippen LogP contribution is 2.18. The zero-order valence-electron chi connectivity index (χ0n) is 13.6. The molecule has 0 aromatic heterocycles. The average molecular weight is 345 g/mol. The molecule has 0 bridgehead atoms. The van der Waals surface area contributed by atoms with Gasteiger partial charge in [-0.25, -0.2) is 0 Å². The Morgan fingerprint density at radius 3 is 2.33 bits per heavy atom. The summed E-state index contributed by atoms with van der Waals surface area (Å²) < 4.78 is 0. The van der Waals surface area contributed by atoms with E-state index in [1.54, 1.807) is 24.3 Å². The van der Waals surface area contributed by atoms with Crippen molar-refractivity contribution in [1.82, 2.24) is 10.6 Å². The first kappa shape index (κ1) is 18.0. The van der Waals surface area contributed by atoms with E-state index in [4.69, 9.17) is 11.6 Å². The number of carbonyl (C=O) groups is 2. The zero-order valence-corrected chi connectivity index (χ0v) is 14.3. The topological polar surface area (TPSA) is 58.2 Å². The fourth-order valence-corrected chi connectivity index (χ4v) is 2.65. The van der Waals surface area contributed by atoms with Crippen LogP contribution in [-0.2, 0) is 4.79 Å². The highest BCUT2D eigenvalue weighted by molar-refractivity contribution is 6.33. The van der Waals surface area contributed by atoms with Crippen molar-refractivity contribution in [3.05, 3.63) is 70.7 Å². The molecule has 2 amide bonds. The van der Waals surface area contributed by atoms with Gasteiger partial charge in [-0.1, -0.05) is 61.0 Å². The summed E-state index contributed by atoms with van der Waals surface area (Å²) in [5.74, 6) is -0.315. The maximum Gasteiger partial charge on any atom is 0.253 e. The normalized spacial score (nSPS) is 11.6. The first-order valence-corrected chi connectivity index (χ1v) is 8.34. The van der Waals surface area contributed by atoms with E-state index in [-0.39, 0.29) is 24.3 Å². The van der Waals surface area contributed by atoms with Crippen LogP contribution >= 0.6 is 11.6 Å². The molecule has 0 radical (unpaired) electrons. The second kappa shape index (κ2) is 9.08. The van der Waals surface area contributed by atoms with Crippen LogP contribution in [0.25, 0.3) is 0 Å². The Bertz CT molecular complexity index is 689. The van der Waals surface area contributed by atoms with E-state index in [0.29, 0.717) is 17.1 Å². The molecule has 1 atom stereocenters. The van der Waals surface area contributed by atoms with Crippen molar-refractivity contribution < 1.29 is 9.59 Å². The van der Waals surface area contributed by atoms with Crippen molar-refractivity contribution in [1.29, 1.82) is 0 Å². The van der Waals surface area contributed by atoms with E-state index in [1.165, 1.54) is 5.56 Å². The van der Waals surface area contributed by atoms with Crippen LogP contribution in [0.15, 0.2) is 54.6 Å². The minimum Gasteiger partial charge on any atom is -0.354 e. The number of nitrogens with one attached hydrogen (secondary N) is 2. The number of rotatable bonds is 7. The number of amides is 2. The van der Waals surface area contributed by atoms with Gasteiger partial charge in [0, 0.05) is 12.5 Å². The van der Waals surface area contributed by atoms with Crippen molar-refractivity contribution in [2.75, 3.05) is 13.1 Å². The quantitative estimate of drug-likeness (QED) is 0.809. The van der Waals surface area contributed by atoms with Crippen molar-refractivity contribution in [2.24, 2.45) is 0 Å². The molecule has 1 unspecified atom stereocenters. The van der Waals surface area contributed by atoms with Gasteiger partial charge in [-0.15, -0.1) is 0 Å². The molecule has 5 heteroatoms. The summed E-state index contributed by atoms with van der Waals surface area (Å²) in [5, 5.41) is 5.82. The summed E-state index contributed by atoms with van der Waals surface area (Å²) in [5.41, 5.74) is 1.56. The summed E-state index contributed by atoms with van der Waals surface area (Å²) >= 11 is 5.96. The lowest BCUT2D eigenvalue weighted by atomic mass is 9.96. The summed E-state index contributed by atoms with van der Waals surface area (Å²) in [6.07, 6.45) is 0.927. The monoisotopic (exact) mass is 344 g/mol. The maximum absolute atomic E-state index is 12.0. The van der Waals surface area contributed by atoms with Crippen molar-refractivity contribution >= 4 is 23.4 Å². The third-order valence-electron chi connectivity index (χ3n) is 3.84. The minimum absolute atomic E-state index is 0.0741. The van der Waals surface area contributed by atoms with Crippen LogP contribution in [0.1, 0.15) is 35.2 Å². The number of hydrogen-bond donors (Lipinski definition) is 2. The molecule has 0 aliphatic carbocycles. The van der Waals surface area contributed by atoms with E-state index >= 15 is 0 Å².